The monoisotopic (exact) mass is 368 g/mol. The number of rotatable bonds is 8. The Morgan fingerprint density at radius 3 is 2.19 bits per heavy atom. The van der Waals surface area contributed by atoms with Gasteiger partial charge >= 0.3 is 5.97 Å². The van der Waals surface area contributed by atoms with Crippen molar-refractivity contribution in [2.24, 2.45) is 0 Å². The zero-order valence-corrected chi connectivity index (χ0v) is 15.5. The van der Waals surface area contributed by atoms with Crippen LogP contribution in [0.15, 0.2) is 48.5 Å². The highest BCUT2D eigenvalue weighted by molar-refractivity contribution is 5.85. The number of carbonyl (C=O) groups is 3. The van der Waals surface area contributed by atoms with Crippen LogP contribution in [0, 0.1) is 13.8 Å². The molecule has 0 fully saturated rings. The average molecular weight is 368 g/mol. The van der Waals surface area contributed by atoms with Crippen LogP contribution < -0.4 is 10.6 Å². The molecule has 0 spiro atoms. The number of aryl methyl sites for hydroxylation is 2. The maximum absolute atomic E-state index is 12.1. The molecule has 0 aliphatic heterocycles. The number of amides is 2. The van der Waals surface area contributed by atoms with E-state index < -0.39 is 17.9 Å². The fourth-order valence-electron chi connectivity index (χ4n) is 2.86. The molecular weight excluding hydrogens is 344 g/mol. The molecule has 0 aliphatic carbocycles. The van der Waals surface area contributed by atoms with Crippen LogP contribution in [0.2, 0.25) is 0 Å². The normalized spacial score (nSPS) is 11.5. The van der Waals surface area contributed by atoms with E-state index in [1.165, 1.54) is 0 Å². The van der Waals surface area contributed by atoms with Crippen LogP contribution in [-0.2, 0) is 20.8 Å². The Hall–Kier alpha value is -3.15. The zero-order chi connectivity index (χ0) is 19.8. The predicted molar refractivity (Wildman–Crippen MR) is 102 cm³/mol. The summed E-state index contributed by atoms with van der Waals surface area (Å²) >= 11 is 0. The molecule has 6 nitrogen and oxygen atoms in total. The molecule has 0 aromatic heterocycles. The molecule has 0 radical (unpaired) electrons. The Morgan fingerprint density at radius 2 is 1.59 bits per heavy atom. The van der Waals surface area contributed by atoms with Crippen LogP contribution in [0.1, 0.15) is 34.7 Å². The molecule has 3 N–H and O–H groups in total. The highest BCUT2D eigenvalue weighted by Crippen LogP contribution is 2.17. The van der Waals surface area contributed by atoms with E-state index in [1.54, 1.807) is 12.1 Å². The second-order valence-electron chi connectivity index (χ2n) is 6.52. The highest BCUT2D eigenvalue weighted by Gasteiger charge is 2.22. The van der Waals surface area contributed by atoms with Crippen molar-refractivity contribution in [2.45, 2.75) is 32.7 Å². The van der Waals surface area contributed by atoms with Gasteiger partial charge in [-0.3, -0.25) is 9.59 Å². The average Bonchev–Trinajstić information content (AvgIpc) is 2.59. The predicted octanol–water partition coefficient (Wildman–Crippen LogP) is 2.29. The van der Waals surface area contributed by atoms with Gasteiger partial charge in [0.25, 0.3) is 0 Å². The minimum atomic E-state index is -1.12. The first kappa shape index (κ1) is 20.2. The highest BCUT2D eigenvalue weighted by atomic mass is 16.4. The molecular formula is C21H24N2O4. The lowest BCUT2D eigenvalue weighted by Crippen LogP contribution is -2.36. The summed E-state index contributed by atoms with van der Waals surface area (Å²) < 4.78 is 0. The Morgan fingerprint density at radius 1 is 0.963 bits per heavy atom. The van der Waals surface area contributed by atoms with E-state index in [-0.39, 0.29) is 25.3 Å². The quantitative estimate of drug-likeness (QED) is 0.666. The third-order valence-electron chi connectivity index (χ3n) is 4.01. The Balaban J connectivity index is 1.85. The lowest BCUT2D eigenvalue weighted by Gasteiger charge is -2.16. The van der Waals surface area contributed by atoms with Gasteiger partial charge in [0.2, 0.25) is 11.8 Å². The maximum Gasteiger partial charge on any atom is 0.330 e. The van der Waals surface area contributed by atoms with Crippen molar-refractivity contribution in [3.63, 3.8) is 0 Å². The topological polar surface area (TPSA) is 95.5 Å². The van der Waals surface area contributed by atoms with Crippen LogP contribution >= 0.6 is 0 Å². The molecule has 2 amide bonds. The van der Waals surface area contributed by atoms with Gasteiger partial charge in [0.15, 0.2) is 6.04 Å². The third kappa shape index (κ3) is 6.58. The third-order valence-corrected chi connectivity index (χ3v) is 4.01. The standard InChI is InChI=1S/C21H24N2O4/c1-14-10-15(2)12-17(11-14)20(21(26)27)23-18(24)8-9-22-19(25)13-16-6-4-3-5-7-16/h3-7,10-12,20H,8-9,13H2,1-2H3,(H,22,25)(H,23,24)(H,26,27). The molecule has 6 heteroatoms. The minimum Gasteiger partial charge on any atom is -0.479 e. The molecule has 0 saturated heterocycles. The first-order chi connectivity index (χ1) is 12.8. The van der Waals surface area contributed by atoms with Gasteiger partial charge < -0.3 is 15.7 Å². The Labute approximate surface area is 158 Å². The van der Waals surface area contributed by atoms with Gasteiger partial charge in [-0.05, 0) is 25.0 Å². The van der Waals surface area contributed by atoms with E-state index in [4.69, 9.17) is 0 Å². The van der Waals surface area contributed by atoms with E-state index >= 15 is 0 Å². The van der Waals surface area contributed by atoms with Gasteiger partial charge in [0.05, 0.1) is 6.42 Å². The van der Waals surface area contributed by atoms with Gasteiger partial charge in [-0.1, -0.05) is 59.7 Å². The van der Waals surface area contributed by atoms with E-state index in [9.17, 15) is 19.5 Å². The number of carbonyl (C=O) groups excluding carboxylic acids is 2. The van der Waals surface area contributed by atoms with E-state index in [2.05, 4.69) is 10.6 Å². The number of nitrogens with one attached hydrogen (secondary N) is 2. The van der Waals surface area contributed by atoms with Crippen LogP contribution in [0.25, 0.3) is 0 Å². The molecule has 0 bridgehead atoms. The van der Waals surface area contributed by atoms with Crippen LogP contribution in [0.5, 0.6) is 0 Å². The molecule has 2 rings (SSSR count). The number of benzene rings is 2. The summed E-state index contributed by atoms with van der Waals surface area (Å²) in [6.45, 7) is 3.90. The summed E-state index contributed by atoms with van der Waals surface area (Å²) in [7, 11) is 0. The number of aliphatic carboxylic acids is 1. The number of carboxylic acids is 1. The SMILES string of the molecule is Cc1cc(C)cc(C(NC(=O)CCNC(=O)Cc2ccccc2)C(=O)O)c1. The fraction of sp³-hybridized carbons (Fsp3) is 0.286. The smallest absolute Gasteiger partial charge is 0.330 e. The van der Waals surface area contributed by atoms with Gasteiger partial charge in [0.1, 0.15) is 0 Å². The summed E-state index contributed by atoms with van der Waals surface area (Å²) in [6.07, 6.45) is 0.248. The Bertz CT molecular complexity index is 798. The minimum absolute atomic E-state index is 0.00904. The molecule has 1 unspecified atom stereocenters. The molecule has 2 aromatic rings. The van der Waals surface area contributed by atoms with Crippen molar-refractivity contribution in [3.05, 3.63) is 70.8 Å². The zero-order valence-electron chi connectivity index (χ0n) is 15.5. The Kier molecular flexibility index (Phi) is 7.11. The summed E-state index contributed by atoms with van der Waals surface area (Å²) in [5, 5.41) is 14.6. The molecule has 142 valence electrons. The largest absolute Gasteiger partial charge is 0.479 e. The lowest BCUT2D eigenvalue weighted by atomic mass is 10.0. The molecule has 1 atom stereocenters. The van der Waals surface area contributed by atoms with Crippen LogP contribution in [-0.4, -0.2) is 29.4 Å². The van der Waals surface area contributed by atoms with Gasteiger partial charge in [0, 0.05) is 13.0 Å². The second kappa shape index (κ2) is 9.52. The first-order valence-electron chi connectivity index (χ1n) is 8.76. The van der Waals surface area contributed by atoms with Gasteiger partial charge in [-0.2, -0.15) is 0 Å². The molecule has 2 aromatic carbocycles. The van der Waals surface area contributed by atoms with Crippen molar-refractivity contribution < 1.29 is 19.5 Å². The first-order valence-corrected chi connectivity index (χ1v) is 8.76. The van der Waals surface area contributed by atoms with Crippen molar-refractivity contribution in [1.82, 2.24) is 10.6 Å². The van der Waals surface area contributed by atoms with Crippen molar-refractivity contribution in [3.8, 4) is 0 Å². The van der Waals surface area contributed by atoms with E-state index in [0.717, 1.165) is 16.7 Å². The van der Waals surface area contributed by atoms with Crippen LogP contribution in [0.3, 0.4) is 0 Å². The van der Waals surface area contributed by atoms with Crippen molar-refractivity contribution in [1.29, 1.82) is 0 Å². The number of hydrogen-bond acceptors (Lipinski definition) is 3. The van der Waals surface area contributed by atoms with Gasteiger partial charge in [-0.15, -0.1) is 0 Å². The summed E-state index contributed by atoms with van der Waals surface area (Å²) in [6, 6.07) is 13.6. The fourth-order valence-corrected chi connectivity index (χ4v) is 2.86. The van der Waals surface area contributed by atoms with Gasteiger partial charge in [-0.25, -0.2) is 4.79 Å². The molecule has 0 saturated carbocycles. The second-order valence-corrected chi connectivity index (χ2v) is 6.52. The maximum atomic E-state index is 12.1. The lowest BCUT2D eigenvalue weighted by molar-refractivity contribution is -0.142. The van der Waals surface area contributed by atoms with Crippen LogP contribution in [0.4, 0.5) is 0 Å². The summed E-state index contributed by atoms with van der Waals surface area (Å²) in [5.74, 6) is -1.74. The van der Waals surface area contributed by atoms with Crippen molar-refractivity contribution in [2.75, 3.05) is 6.54 Å². The molecule has 0 aliphatic rings. The van der Waals surface area contributed by atoms with E-state index in [0.29, 0.717) is 5.56 Å². The number of carboxylic acid groups (broad SMARTS) is 1. The number of hydrogen-bond donors (Lipinski definition) is 3. The summed E-state index contributed by atoms with van der Waals surface area (Å²) in [4.78, 5) is 35.6. The molecule has 0 heterocycles. The van der Waals surface area contributed by atoms with Crippen molar-refractivity contribution >= 4 is 17.8 Å². The molecule has 27 heavy (non-hydrogen) atoms. The summed E-state index contributed by atoms with van der Waals surface area (Å²) in [5.41, 5.74) is 3.28. The van der Waals surface area contributed by atoms with E-state index in [1.807, 2.05) is 50.2 Å².